The van der Waals surface area contributed by atoms with Gasteiger partial charge in [0.2, 0.25) is 5.91 Å². The van der Waals surface area contributed by atoms with E-state index < -0.39 is 5.91 Å². The summed E-state index contributed by atoms with van der Waals surface area (Å²) in [5, 5.41) is 4.83. The molecular formula is C20H20N4O4. The maximum atomic E-state index is 12.5. The van der Waals surface area contributed by atoms with Gasteiger partial charge in [-0.25, -0.2) is 4.68 Å². The van der Waals surface area contributed by atoms with Crippen LogP contribution < -0.4 is 21.1 Å². The van der Waals surface area contributed by atoms with Crippen molar-refractivity contribution in [2.24, 2.45) is 7.05 Å². The SMILES string of the molecule is COc1ccc(CCC(=O)NNC(=O)c2nn(C)c(=O)c3ccccc23)cc1. The van der Waals surface area contributed by atoms with Crippen molar-refractivity contribution in [3.63, 3.8) is 0 Å². The highest BCUT2D eigenvalue weighted by atomic mass is 16.5. The van der Waals surface area contributed by atoms with Crippen LogP contribution in [0.3, 0.4) is 0 Å². The molecule has 144 valence electrons. The molecule has 1 aromatic heterocycles. The Bertz CT molecular complexity index is 1070. The number of amides is 2. The van der Waals surface area contributed by atoms with Gasteiger partial charge < -0.3 is 4.74 Å². The molecule has 1 heterocycles. The van der Waals surface area contributed by atoms with Crippen LogP contribution in [-0.4, -0.2) is 28.7 Å². The molecule has 2 N–H and O–H groups in total. The molecule has 0 fully saturated rings. The third kappa shape index (κ3) is 4.17. The van der Waals surface area contributed by atoms with Crippen molar-refractivity contribution in [3.8, 4) is 5.75 Å². The zero-order chi connectivity index (χ0) is 20.1. The first-order valence-electron chi connectivity index (χ1n) is 8.67. The Balaban J connectivity index is 1.62. The summed E-state index contributed by atoms with van der Waals surface area (Å²) in [4.78, 5) is 36.6. The molecule has 3 rings (SSSR count). The van der Waals surface area contributed by atoms with Crippen molar-refractivity contribution in [2.75, 3.05) is 7.11 Å². The number of carbonyl (C=O) groups is 2. The van der Waals surface area contributed by atoms with E-state index in [0.717, 1.165) is 16.0 Å². The number of hydrazine groups is 1. The van der Waals surface area contributed by atoms with Crippen molar-refractivity contribution in [3.05, 3.63) is 70.1 Å². The molecule has 0 bridgehead atoms. The van der Waals surface area contributed by atoms with E-state index in [1.807, 2.05) is 24.3 Å². The smallest absolute Gasteiger partial charge is 0.290 e. The van der Waals surface area contributed by atoms with Crippen LogP contribution >= 0.6 is 0 Å². The highest BCUT2D eigenvalue weighted by Gasteiger charge is 2.16. The van der Waals surface area contributed by atoms with Crippen LogP contribution in [0, 0.1) is 0 Å². The zero-order valence-corrected chi connectivity index (χ0v) is 15.6. The minimum atomic E-state index is -0.593. The number of rotatable bonds is 5. The van der Waals surface area contributed by atoms with E-state index in [-0.39, 0.29) is 23.6 Å². The molecule has 0 saturated carbocycles. The molecule has 2 amide bonds. The monoisotopic (exact) mass is 380 g/mol. The summed E-state index contributed by atoms with van der Waals surface area (Å²) in [6, 6.07) is 14.1. The van der Waals surface area contributed by atoms with Gasteiger partial charge in [0.25, 0.3) is 11.5 Å². The number of hydrogen-bond acceptors (Lipinski definition) is 5. The molecule has 8 heteroatoms. The van der Waals surface area contributed by atoms with Gasteiger partial charge in [0, 0.05) is 18.9 Å². The molecule has 0 atom stereocenters. The highest BCUT2D eigenvalue weighted by molar-refractivity contribution is 6.05. The molecule has 2 aromatic carbocycles. The lowest BCUT2D eigenvalue weighted by Crippen LogP contribution is -2.42. The average molecular weight is 380 g/mol. The lowest BCUT2D eigenvalue weighted by molar-refractivity contribution is -0.121. The Morgan fingerprint density at radius 1 is 1.04 bits per heavy atom. The van der Waals surface area contributed by atoms with Gasteiger partial charge in [0.1, 0.15) is 5.75 Å². The van der Waals surface area contributed by atoms with Crippen LogP contribution in [0.25, 0.3) is 10.8 Å². The minimum absolute atomic E-state index is 0.0631. The molecule has 8 nitrogen and oxygen atoms in total. The second-order valence-corrected chi connectivity index (χ2v) is 6.17. The first-order chi connectivity index (χ1) is 13.5. The van der Waals surface area contributed by atoms with Crippen molar-refractivity contribution in [1.82, 2.24) is 20.6 Å². The summed E-state index contributed by atoms with van der Waals surface area (Å²) in [6.45, 7) is 0. The predicted molar refractivity (Wildman–Crippen MR) is 104 cm³/mol. The van der Waals surface area contributed by atoms with Crippen LogP contribution in [0.1, 0.15) is 22.5 Å². The van der Waals surface area contributed by atoms with E-state index in [0.29, 0.717) is 17.2 Å². The van der Waals surface area contributed by atoms with Gasteiger partial charge in [-0.2, -0.15) is 5.10 Å². The molecule has 0 saturated heterocycles. The summed E-state index contributed by atoms with van der Waals surface area (Å²) in [6.07, 6.45) is 0.723. The topological polar surface area (TPSA) is 102 Å². The first-order valence-corrected chi connectivity index (χ1v) is 8.67. The van der Waals surface area contributed by atoms with Crippen LogP contribution in [0.4, 0.5) is 0 Å². The van der Waals surface area contributed by atoms with Crippen LogP contribution in [-0.2, 0) is 18.3 Å². The normalized spacial score (nSPS) is 10.5. The Hall–Kier alpha value is -3.68. The maximum Gasteiger partial charge on any atom is 0.290 e. The molecule has 0 unspecified atom stereocenters. The van der Waals surface area contributed by atoms with Crippen molar-refractivity contribution >= 4 is 22.6 Å². The van der Waals surface area contributed by atoms with Gasteiger partial charge in [-0.05, 0) is 30.2 Å². The number of aromatic nitrogens is 2. The number of nitrogens with zero attached hydrogens (tertiary/aromatic N) is 2. The molecule has 3 aromatic rings. The summed E-state index contributed by atoms with van der Waals surface area (Å²) in [5.41, 5.74) is 5.48. The molecule has 0 radical (unpaired) electrons. The summed E-state index contributed by atoms with van der Waals surface area (Å²) < 4.78 is 6.19. The number of aryl methyl sites for hydroxylation is 2. The van der Waals surface area contributed by atoms with E-state index in [1.54, 1.807) is 31.4 Å². The lowest BCUT2D eigenvalue weighted by Gasteiger charge is -2.10. The summed E-state index contributed by atoms with van der Waals surface area (Å²) in [5.74, 6) is -0.180. The van der Waals surface area contributed by atoms with Gasteiger partial charge in [0.15, 0.2) is 5.69 Å². The number of ether oxygens (including phenoxy) is 1. The number of nitrogens with one attached hydrogen (secondary N) is 2. The number of benzene rings is 2. The Morgan fingerprint density at radius 3 is 2.39 bits per heavy atom. The third-order valence-corrected chi connectivity index (χ3v) is 4.29. The van der Waals surface area contributed by atoms with E-state index in [9.17, 15) is 14.4 Å². The Labute approximate surface area is 161 Å². The predicted octanol–water partition coefficient (Wildman–Crippen LogP) is 1.34. The second-order valence-electron chi connectivity index (χ2n) is 6.17. The maximum absolute atomic E-state index is 12.5. The van der Waals surface area contributed by atoms with Crippen molar-refractivity contribution < 1.29 is 14.3 Å². The number of fused-ring (bicyclic) bond motifs is 1. The zero-order valence-electron chi connectivity index (χ0n) is 15.6. The molecular weight excluding hydrogens is 360 g/mol. The largest absolute Gasteiger partial charge is 0.497 e. The lowest BCUT2D eigenvalue weighted by atomic mass is 10.1. The first kappa shape index (κ1) is 19.1. The number of carbonyl (C=O) groups excluding carboxylic acids is 2. The molecule has 0 aliphatic carbocycles. The van der Waals surface area contributed by atoms with E-state index in [1.165, 1.54) is 7.05 Å². The van der Waals surface area contributed by atoms with Gasteiger partial charge >= 0.3 is 0 Å². The standard InChI is InChI=1S/C20H20N4O4/c1-24-20(27)16-6-4-3-5-15(16)18(23-24)19(26)22-21-17(25)12-9-13-7-10-14(28-2)11-8-13/h3-8,10-11H,9,12H2,1-2H3,(H,21,25)(H,22,26). The van der Waals surface area contributed by atoms with Crippen LogP contribution in [0.2, 0.25) is 0 Å². The molecule has 0 aliphatic rings. The van der Waals surface area contributed by atoms with E-state index in [2.05, 4.69) is 16.0 Å². The fourth-order valence-electron chi connectivity index (χ4n) is 2.77. The summed E-state index contributed by atoms with van der Waals surface area (Å²) >= 11 is 0. The van der Waals surface area contributed by atoms with Gasteiger partial charge in [0.05, 0.1) is 12.5 Å². The molecule has 0 aliphatic heterocycles. The summed E-state index contributed by atoms with van der Waals surface area (Å²) in [7, 11) is 3.06. The van der Waals surface area contributed by atoms with E-state index >= 15 is 0 Å². The number of methoxy groups -OCH3 is 1. The quantitative estimate of drug-likeness (QED) is 0.650. The fraction of sp³-hybridized carbons (Fsp3) is 0.200. The van der Waals surface area contributed by atoms with E-state index in [4.69, 9.17) is 4.74 Å². The Morgan fingerprint density at radius 2 is 1.71 bits per heavy atom. The van der Waals surface area contributed by atoms with Crippen LogP contribution in [0.5, 0.6) is 5.75 Å². The van der Waals surface area contributed by atoms with Gasteiger partial charge in [-0.1, -0.05) is 30.3 Å². The highest BCUT2D eigenvalue weighted by Crippen LogP contribution is 2.13. The number of hydrogen-bond donors (Lipinski definition) is 2. The van der Waals surface area contributed by atoms with Crippen molar-refractivity contribution in [2.45, 2.75) is 12.8 Å². The fourth-order valence-corrected chi connectivity index (χ4v) is 2.77. The molecule has 0 spiro atoms. The second kappa shape index (κ2) is 8.34. The Kier molecular flexibility index (Phi) is 5.69. The van der Waals surface area contributed by atoms with Crippen LogP contribution in [0.15, 0.2) is 53.3 Å². The minimum Gasteiger partial charge on any atom is -0.497 e. The van der Waals surface area contributed by atoms with Crippen molar-refractivity contribution in [1.29, 1.82) is 0 Å². The van der Waals surface area contributed by atoms with Gasteiger partial charge in [-0.15, -0.1) is 0 Å². The third-order valence-electron chi connectivity index (χ3n) is 4.29. The molecule has 28 heavy (non-hydrogen) atoms. The van der Waals surface area contributed by atoms with Gasteiger partial charge in [-0.3, -0.25) is 25.2 Å². The average Bonchev–Trinajstić information content (AvgIpc) is 2.73.